The lowest BCUT2D eigenvalue weighted by atomic mass is 10.1. The maximum Gasteiger partial charge on any atom is 0.262 e. The van der Waals surface area contributed by atoms with Crippen molar-refractivity contribution in [3.63, 3.8) is 0 Å². The highest BCUT2D eigenvalue weighted by atomic mass is 16.6. The fraction of sp³-hybridized carbons (Fsp3) is 0.0588. The number of hydrogen-bond donors (Lipinski definition) is 0. The van der Waals surface area contributed by atoms with E-state index >= 15 is 0 Å². The molecule has 0 amide bonds. The summed E-state index contributed by atoms with van der Waals surface area (Å²) in [7, 11) is 1.77. The van der Waals surface area contributed by atoms with Gasteiger partial charge in [-0.1, -0.05) is 24.3 Å². The average molecular weight is 319 g/mol. The third-order valence-electron chi connectivity index (χ3n) is 3.67. The summed E-state index contributed by atoms with van der Waals surface area (Å²) in [4.78, 5) is 14.5. The van der Waals surface area contributed by atoms with Crippen LogP contribution in [0.5, 0.6) is 5.75 Å². The van der Waals surface area contributed by atoms with E-state index in [1.807, 2.05) is 30.3 Å². The first-order valence-corrected chi connectivity index (χ1v) is 7.01. The van der Waals surface area contributed by atoms with Gasteiger partial charge in [-0.3, -0.25) is 10.1 Å². The van der Waals surface area contributed by atoms with Crippen molar-refractivity contribution in [1.29, 1.82) is 5.26 Å². The number of hydrogen-bond acceptors (Lipinski definition) is 5. The van der Waals surface area contributed by atoms with Crippen molar-refractivity contribution in [2.24, 2.45) is 7.05 Å². The van der Waals surface area contributed by atoms with Crippen LogP contribution in [0.4, 0.5) is 5.69 Å². The molecule has 2 aromatic carbocycles. The number of nitro groups is 1. The molecule has 1 heterocycles. The van der Waals surface area contributed by atoms with Crippen molar-refractivity contribution in [3.05, 3.63) is 64.0 Å². The first kappa shape index (κ1) is 15.2. The van der Waals surface area contributed by atoms with Crippen LogP contribution in [0.3, 0.4) is 0 Å². The topological polar surface area (TPSA) is 108 Å². The molecule has 3 rings (SSSR count). The molecule has 0 spiro atoms. The number of aryl methyl sites for hydroxylation is 1. The van der Waals surface area contributed by atoms with Gasteiger partial charge in [0.2, 0.25) is 0 Å². The van der Waals surface area contributed by atoms with Crippen LogP contribution in [-0.4, -0.2) is 14.5 Å². The number of nitro benzene ring substituents is 1. The van der Waals surface area contributed by atoms with E-state index in [-0.39, 0.29) is 11.1 Å². The Morgan fingerprint density at radius 1 is 1.29 bits per heavy atom. The number of benzene rings is 2. The number of allylic oxidation sites excluding steroid dienone is 1. The molecule has 24 heavy (non-hydrogen) atoms. The van der Waals surface area contributed by atoms with Crippen molar-refractivity contribution >= 4 is 28.4 Å². The maximum atomic E-state index is 12.1. The van der Waals surface area contributed by atoms with Gasteiger partial charge in [-0.15, -0.1) is 0 Å². The molecule has 0 aliphatic carbocycles. The predicted molar refractivity (Wildman–Crippen MR) is 86.7 cm³/mol. The van der Waals surface area contributed by atoms with Crippen molar-refractivity contribution < 1.29 is 10.0 Å². The lowest BCUT2D eigenvalue weighted by Gasteiger charge is -2.10. The van der Waals surface area contributed by atoms with Gasteiger partial charge in [-0.25, -0.2) is 4.98 Å². The molecule has 0 saturated heterocycles. The van der Waals surface area contributed by atoms with Crippen molar-refractivity contribution in [2.45, 2.75) is 0 Å². The number of rotatable bonds is 3. The average Bonchev–Trinajstić information content (AvgIpc) is 2.91. The molecule has 0 aliphatic heterocycles. The minimum absolute atomic E-state index is 0.0767. The Morgan fingerprint density at radius 3 is 2.71 bits per heavy atom. The van der Waals surface area contributed by atoms with E-state index in [2.05, 4.69) is 4.98 Å². The van der Waals surface area contributed by atoms with E-state index in [0.717, 1.165) is 17.1 Å². The second-order valence-electron chi connectivity index (χ2n) is 5.11. The lowest BCUT2D eigenvalue weighted by molar-refractivity contribution is -0.398. The molecule has 0 fully saturated rings. The number of fused-ring (bicyclic) bond motifs is 1. The largest absolute Gasteiger partial charge is 0.867 e. The fourth-order valence-electron chi connectivity index (χ4n) is 2.49. The van der Waals surface area contributed by atoms with Crippen LogP contribution in [0.15, 0.2) is 42.5 Å². The second-order valence-corrected chi connectivity index (χ2v) is 5.11. The number of para-hydroxylation sites is 3. The van der Waals surface area contributed by atoms with Gasteiger partial charge in [0.15, 0.2) is 5.82 Å². The molecule has 1 aromatic heterocycles. The zero-order valence-corrected chi connectivity index (χ0v) is 12.6. The molecule has 0 aliphatic rings. The van der Waals surface area contributed by atoms with Crippen molar-refractivity contribution in [3.8, 4) is 11.8 Å². The van der Waals surface area contributed by atoms with Crippen LogP contribution < -0.4 is 5.11 Å². The highest BCUT2D eigenvalue weighted by Crippen LogP contribution is 2.30. The normalized spacial score (nSPS) is 11.4. The zero-order valence-electron chi connectivity index (χ0n) is 12.6. The van der Waals surface area contributed by atoms with E-state index in [4.69, 9.17) is 0 Å². The Morgan fingerprint density at radius 2 is 2.04 bits per heavy atom. The first-order valence-electron chi connectivity index (χ1n) is 7.01. The minimum Gasteiger partial charge on any atom is -0.867 e. The van der Waals surface area contributed by atoms with E-state index in [0.29, 0.717) is 5.82 Å². The number of nitrogens with zero attached hydrogens (tertiary/aromatic N) is 4. The summed E-state index contributed by atoms with van der Waals surface area (Å²) in [5.41, 5.74) is 1.28. The van der Waals surface area contributed by atoms with Gasteiger partial charge < -0.3 is 9.67 Å². The van der Waals surface area contributed by atoms with Crippen LogP contribution in [-0.2, 0) is 7.05 Å². The molecule has 3 aromatic rings. The monoisotopic (exact) mass is 319 g/mol. The Bertz CT molecular complexity index is 1030. The molecule has 0 N–H and O–H groups in total. The van der Waals surface area contributed by atoms with E-state index < -0.39 is 16.4 Å². The number of aromatic nitrogens is 2. The quantitative estimate of drug-likeness (QED) is 0.419. The Labute approximate surface area is 136 Å². The molecule has 0 radical (unpaired) electrons. The van der Waals surface area contributed by atoms with Crippen LogP contribution in [0.1, 0.15) is 11.4 Å². The first-order chi connectivity index (χ1) is 11.5. The van der Waals surface area contributed by atoms with Gasteiger partial charge in [0.25, 0.3) is 5.69 Å². The smallest absolute Gasteiger partial charge is 0.262 e. The molecular weight excluding hydrogens is 308 g/mol. The lowest BCUT2D eigenvalue weighted by Crippen LogP contribution is -2.01. The molecule has 118 valence electrons. The summed E-state index contributed by atoms with van der Waals surface area (Å²) in [5, 5.41) is 32.5. The second kappa shape index (κ2) is 5.85. The minimum atomic E-state index is -0.735. The van der Waals surface area contributed by atoms with Crippen LogP contribution >= 0.6 is 0 Å². The highest BCUT2D eigenvalue weighted by molar-refractivity contribution is 5.92. The Kier molecular flexibility index (Phi) is 3.72. The van der Waals surface area contributed by atoms with Crippen LogP contribution in [0.25, 0.3) is 22.7 Å². The summed E-state index contributed by atoms with van der Waals surface area (Å²) in [5.74, 6) is -0.335. The van der Waals surface area contributed by atoms with E-state index in [1.54, 1.807) is 11.6 Å². The standard InChI is InChI=1S/C17H12N4O3/c1-20-14-7-3-2-6-13(14)19-17(20)12(10-18)9-11-5-4-8-15(16(11)22)21(23)24/h2-9,22H,1H3/p-1/b12-9+. The number of imidazole rings is 1. The molecule has 0 unspecified atom stereocenters. The summed E-state index contributed by atoms with van der Waals surface area (Å²) < 4.78 is 1.74. The van der Waals surface area contributed by atoms with Crippen molar-refractivity contribution in [2.75, 3.05) is 0 Å². The zero-order chi connectivity index (χ0) is 17.3. The van der Waals surface area contributed by atoms with Crippen molar-refractivity contribution in [1.82, 2.24) is 9.55 Å². The fourth-order valence-corrected chi connectivity index (χ4v) is 2.49. The summed E-state index contributed by atoms with van der Waals surface area (Å²) in [6.07, 6.45) is 1.33. The predicted octanol–water partition coefficient (Wildman–Crippen LogP) is 2.62. The van der Waals surface area contributed by atoms with Gasteiger partial charge in [-0.05, 0) is 29.5 Å². The summed E-state index contributed by atoms with van der Waals surface area (Å²) >= 11 is 0. The van der Waals surface area contributed by atoms with Gasteiger partial charge in [0.05, 0.1) is 21.5 Å². The molecule has 0 bridgehead atoms. The van der Waals surface area contributed by atoms with Gasteiger partial charge in [0, 0.05) is 13.1 Å². The molecule has 0 atom stereocenters. The molecule has 0 saturated carbocycles. The SMILES string of the molecule is Cn1c(/C(C#N)=C/c2cccc([N+](=O)[O-])c2[O-])nc2ccccc21. The van der Waals surface area contributed by atoms with E-state index in [9.17, 15) is 20.5 Å². The third kappa shape index (κ3) is 2.46. The number of nitriles is 1. The molecule has 7 heteroatoms. The summed E-state index contributed by atoms with van der Waals surface area (Å²) in [6, 6.07) is 13.4. The highest BCUT2D eigenvalue weighted by Gasteiger charge is 2.13. The van der Waals surface area contributed by atoms with Gasteiger partial charge in [-0.2, -0.15) is 5.26 Å². The molecular formula is C17H11N4O3-. The van der Waals surface area contributed by atoms with Gasteiger partial charge in [0.1, 0.15) is 6.07 Å². The Hall–Kier alpha value is -3.66. The molecule has 7 nitrogen and oxygen atoms in total. The maximum absolute atomic E-state index is 12.1. The van der Waals surface area contributed by atoms with E-state index in [1.165, 1.54) is 18.2 Å². The van der Waals surface area contributed by atoms with Crippen LogP contribution in [0, 0.1) is 21.4 Å². The van der Waals surface area contributed by atoms with Crippen LogP contribution in [0.2, 0.25) is 0 Å². The summed E-state index contributed by atoms with van der Waals surface area (Å²) in [6.45, 7) is 0. The third-order valence-corrected chi connectivity index (χ3v) is 3.67. The van der Waals surface area contributed by atoms with Gasteiger partial charge >= 0.3 is 0 Å². The Balaban J connectivity index is 2.17.